The van der Waals surface area contributed by atoms with Gasteiger partial charge in [0.1, 0.15) is 18.0 Å². The van der Waals surface area contributed by atoms with Crippen LogP contribution in [0.3, 0.4) is 0 Å². The van der Waals surface area contributed by atoms with Crippen LogP contribution in [0.4, 0.5) is 4.39 Å². The van der Waals surface area contributed by atoms with Crippen LogP contribution in [0.25, 0.3) is 0 Å². The van der Waals surface area contributed by atoms with E-state index in [4.69, 9.17) is 15.9 Å². The van der Waals surface area contributed by atoms with Crippen LogP contribution in [0.1, 0.15) is 13.3 Å². The van der Waals surface area contributed by atoms with Crippen molar-refractivity contribution in [2.75, 3.05) is 0 Å². The molecule has 0 amide bonds. The first-order valence-corrected chi connectivity index (χ1v) is 4.86. The van der Waals surface area contributed by atoms with Crippen LogP contribution in [0.2, 0.25) is 0 Å². The van der Waals surface area contributed by atoms with Crippen LogP contribution >= 0.6 is 0 Å². The van der Waals surface area contributed by atoms with E-state index in [1.54, 1.807) is 0 Å². The van der Waals surface area contributed by atoms with E-state index in [-0.39, 0.29) is 12.2 Å². The Labute approximate surface area is 92.4 Å². The third-order valence-electron chi connectivity index (χ3n) is 2.62. The molecule has 0 aromatic heterocycles. The second-order valence-electron chi connectivity index (χ2n) is 3.85. The van der Waals surface area contributed by atoms with E-state index in [0.717, 1.165) is 0 Å². The molecule has 1 aliphatic heterocycles. The third kappa shape index (κ3) is 2.52. The van der Waals surface area contributed by atoms with Crippen LogP contribution in [0.15, 0.2) is 24.1 Å². The van der Waals surface area contributed by atoms with Crippen LogP contribution in [0, 0.1) is 0 Å². The maximum Gasteiger partial charge on any atom is 0.320 e. The molecule has 0 fully saturated rings. The number of carboxylic acids is 1. The summed E-state index contributed by atoms with van der Waals surface area (Å²) >= 11 is 0. The molecule has 0 aromatic rings. The van der Waals surface area contributed by atoms with Gasteiger partial charge in [-0.15, -0.1) is 0 Å². The Morgan fingerprint density at radius 3 is 2.75 bits per heavy atom. The lowest BCUT2D eigenvalue weighted by molar-refractivity contribution is -0.139. The van der Waals surface area contributed by atoms with Crippen molar-refractivity contribution in [2.24, 2.45) is 5.73 Å². The second kappa shape index (κ2) is 4.52. The number of halogens is 1. The van der Waals surface area contributed by atoms with E-state index in [2.05, 4.69) is 5.32 Å². The van der Waals surface area contributed by atoms with Gasteiger partial charge in [-0.2, -0.15) is 0 Å². The number of allylic oxidation sites excluding steroid dienone is 1. The summed E-state index contributed by atoms with van der Waals surface area (Å²) in [5.74, 6) is -1.23. The summed E-state index contributed by atoms with van der Waals surface area (Å²) in [4.78, 5) is 10.6. The highest BCUT2D eigenvalue weighted by molar-refractivity contribution is 5.73. The first-order valence-electron chi connectivity index (χ1n) is 4.86. The molecule has 1 rings (SSSR count). The molecule has 0 saturated heterocycles. The molecular formula is C10H15FN2O3. The molecule has 1 heterocycles. The number of carboxylic acid groups (broad SMARTS) is 1. The number of alkyl halides is 1. The Balaban J connectivity index is 2.84. The SMILES string of the molecule is CC(F)C1(CC(N)C(=O)O)C=CC(O)=CN1. The fourth-order valence-electron chi connectivity index (χ4n) is 1.53. The average molecular weight is 230 g/mol. The Morgan fingerprint density at radius 2 is 2.38 bits per heavy atom. The Hall–Kier alpha value is -1.56. The summed E-state index contributed by atoms with van der Waals surface area (Å²) in [5.41, 5.74) is 4.21. The number of aliphatic hydroxyl groups excluding tert-OH is 1. The molecule has 3 atom stereocenters. The Morgan fingerprint density at radius 1 is 1.75 bits per heavy atom. The summed E-state index contributed by atoms with van der Waals surface area (Å²) in [7, 11) is 0. The fraction of sp³-hybridized carbons (Fsp3) is 0.500. The molecule has 16 heavy (non-hydrogen) atoms. The normalized spacial score (nSPS) is 27.8. The number of nitrogens with one attached hydrogen (secondary N) is 1. The zero-order valence-corrected chi connectivity index (χ0v) is 8.85. The van der Waals surface area contributed by atoms with E-state index < -0.39 is 23.7 Å². The average Bonchev–Trinajstić information content (AvgIpc) is 2.21. The van der Waals surface area contributed by atoms with Gasteiger partial charge in [0.2, 0.25) is 0 Å². The molecule has 6 heteroatoms. The summed E-state index contributed by atoms with van der Waals surface area (Å²) in [6, 6.07) is -1.16. The van der Waals surface area contributed by atoms with Gasteiger partial charge in [0.15, 0.2) is 0 Å². The molecule has 0 spiro atoms. The lowest BCUT2D eigenvalue weighted by Crippen LogP contribution is -2.54. The lowest BCUT2D eigenvalue weighted by atomic mass is 9.85. The maximum atomic E-state index is 13.5. The van der Waals surface area contributed by atoms with Gasteiger partial charge in [-0.05, 0) is 13.0 Å². The summed E-state index contributed by atoms with van der Waals surface area (Å²) in [6.07, 6.45) is 2.51. The minimum Gasteiger partial charge on any atom is -0.506 e. The monoisotopic (exact) mass is 230 g/mol. The molecule has 0 saturated carbocycles. The molecule has 1 aliphatic rings. The number of nitrogens with two attached hydrogens (primary N) is 1. The molecule has 90 valence electrons. The number of dihydropyridines is 1. The van der Waals surface area contributed by atoms with Gasteiger partial charge in [-0.1, -0.05) is 6.08 Å². The predicted octanol–water partition coefficient (Wildman–Crippen LogP) is 0.444. The fourth-order valence-corrected chi connectivity index (χ4v) is 1.53. The topological polar surface area (TPSA) is 95.6 Å². The van der Waals surface area contributed by atoms with Crippen molar-refractivity contribution in [3.05, 3.63) is 24.1 Å². The van der Waals surface area contributed by atoms with Gasteiger partial charge in [0.25, 0.3) is 0 Å². The summed E-state index contributed by atoms with van der Waals surface area (Å²) in [5, 5.41) is 20.5. The van der Waals surface area contributed by atoms with Gasteiger partial charge in [-0.3, -0.25) is 4.79 Å². The Bertz CT molecular complexity index is 341. The number of rotatable bonds is 4. The first-order chi connectivity index (χ1) is 7.37. The zero-order valence-electron chi connectivity index (χ0n) is 8.85. The number of carbonyl (C=O) groups is 1. The molecule has 0 aliphatic carbocycles. The van der Waals surface area contributed by atoms with Crippen molar-refractivity contribution in [1.82, 2.24) is 5.32 Å². The molecule has 3 unspecified atom stereocenters. The van der Waals surface area contributed by atoms with Crippen molar-refractivity contribution in [1.29, 1.82) is 0 Å². The van der Waals surface area contributed by atoms with Crippen LogP contribution < -0.4 is 11.1 Å². The van der Waals surface area contributed by atoms with E-state index in [9.17, 15) is 9.18 Å². The van der Waals surface area contributed by atoms with Crippen molar-refractivity contribution in [3.8, 4) is 0 Å². The largest absolute Gasteiger partial charge is 0.506 e. The van der Waals surface area contributed by atoms with Gasteiger partial charge >= 0.3 is 5.97 Å². The number of hydrogen-bond acceptors (Lipinski definition) is 4. The van der Waals surface area contributed by atoms with Gasteiger partial charge in [0, 0.05) is 12.6 Å². The number of aliphatic hydroxyl groups is 1. The standard InChI is InChI=1S/C10H15FN2O3/c1-6(11)10(4-8(12)9(15)16)3-2-7(14)5-13-10/h2-3,5-6,8,13-14H,4,12H2,1H3,(H,15,16). The highest BCUT2D eigenvalue weighted by Gasteiger charge is 2.38. The van der Waals surface area contributed by atoms with Crippen molar-refractivity contribution in [3.63, 3.8) is 0 Å². The second-order valence-corrected chi connectivity index (χ2v) is 3.85. The van der Waals surface area contributed by atoms with E-state index in [1.165, 1.54) is 25.3 Å². The van der Waals surface area contributed by atoms with E-state index in [0.29, 0.717) is 0 Å². The minimum atomic E-state index is -1.33. The molecule has 5 N–H and O–H groups in total. The highest BCUT2D eigenvalue weighted by atomic mass is 19.1. The van der Waals surface area contributed by atoms with Crippen LogP contribution in [-0.4, -0.2) is 33.9 Å². The zero-order chi connectivity index (χ0) is 12.3. The molecular weight excluding hydrogens is 215 g/mol. The van der Waals surface area contributed by atoms with E-state index in [1.807, 2.05) is 0 Å². The highest BCUT2D eigenvalue weighted by Crippen LogP contribution is 2.25. The number of aliphatic carboxylic acids is 1. The lowest BCUT2D eigenvalue weighted by Gasteiger charge is -2.35. The van der Waals surface area contributed by atoms with Crippen molar-refractivity contribution in [2.45, 2.75) is 31.1 Å². The molecule has 0 radical (unpaired) electrons. The maximum absolute atomic E-state index is 13.5. The van der Waals surface area contributed by atoms with Gasteiger partial charge < -0.3 is 21.3 Å². The summed E-state index contributed by atoms with van der Waals surface area (Å²) in [6.45, 7) is 1.31. The smallest absolute Gasteiger partial charge is 0.320 e. The number of hydrogen-bond donors (Lipinski definition) is 4. The van der Waals surface area contributed by atoms with Gasteiger partial charge in [-0.25, -0.2) is 4.39 Å². The summed E-state index contributed by atoms with van der Waals surface area (Å²) < 4.78 is 13.5. The quantitative estimate of drug-likeness (QED) is 0.562. The minimum absolute atomic E-state index is 0.0415. The van der Waals surface area contributed by atoms with Crippen molar-refractivity contribution >= 4 is 5.97 Å². The first kappa shape index (κ1) is 12.5. The van der Waals surface area contributed by atoms with Crippen LogP contribution in [0.5, 0.6) is 0 Å². The molecule has 5 nitrogen and oxygen atoms in total. The van der Waals surface area contributed by atoms with Gasteiger partial charge in [0.05, 0.1) is 5.54 Å². The predicted molar refractivity (Wildman–Crippen MR) is 56.5 cm³/mol. The van der Waals surface area contributed by atoms with E-state index >= 15 is 0 Å². The Kier molecular flexibility index (Phi) is 3.54. The van der Waals surface area contributed by atoms with Crippen molar-refractivity contribution < 1.29 is 19.4 Å². The third-order valence-corrected chi connectivity index (χ3v) is 2.62. The molecule has 0 aromatic carbocycles. The van der Waals surface area contributed by atoms with Crippen LogP contribution in [-0.2, 0) is 4.79 Å². The molecule has 0 bridgehead atoms.